The summed E-state index contributed by atoms with van der Waals surface area (Å²) in [5, 5.41) is 19.6. The summed E-state index contributed by atoms with van der Waals surface area (Å²) >= 11 is 0. The molecule has 1 N–H and O–H groups in total. The highest BCUT2D eigenvalue weighted by Gasteiger charge is 2.38. The second kappa shape index (κ2) is 6.41. The number of aliphatic carboxylic acids is 1. The van der Waals surface area contributed by atoms with Gasteiger partial charge in [-0.15, -0.1) is 0 Å². The van der Waals surface area contributed by atoms with Crippen LogP contribution in [0.25, 0.3) is 0 Å². The van der Waals surface area contributed by atoms with Crippen molar-refractivity contribution in [2.24, 2.45) is 0 Å². The zero-order valence-electron chi connectivity index (χ0n) is 11.7. The Morgan fingerprint density at radius 3 is 2.55 bits per heavy atom. The van der Waals surface area contributed by atoms with Gasteiger partial charge in [-0.2, -0.15) is 4.31 Å². The number of sulfonamides is 1. The van der Waals surface area contributed by atoms with Crippen LogP contribution in [0, 0.1) is 10.1 Å². The molecule has 0 bridgehead atoms. The Morgan fingerprint density at radius 1 is 1.36 bits per heavy atom. The highest BCUT2D eigenvalue weighted by molar-refractivity contribution is 7.89. The maximum atomic E-state index is 12.3. The molecule has 1 saturated heterocycles. The summed E-state index contributed by atoms with van der Waals surface area (Å²) in [6, 6.07) is 4.66. The van der Waals surface area contributed by atoms with Crippen LogP contribution in [0.1, 0.15) is 18.4 Å². The number of carboxylic acid groups (broad SMARTS) is 1. The van der Waals surface area contributed by atoms with Crippen molar-refractivity contribution >= 4 is 21.7 Å². The number of aryl methyl sites for hydroxylation is 1. The van der Waals surface area contributed by atoms with E-state index in [1.54, 1.807) is 0 Å². The predicted molar refractivity (Wildman–Crippen MR) is 78.0 cm³/mol. The number of benzene rings is 1. The first-order valence-corrected chi connectivity index (χ1v) is 8.38. The molecule has 0 saturated carbocycles. The van der Waals surface area contributed by atoms with Gasteiger partial charge in [0, 0.05) is 18.7 Å². The van der Waals surface area contributed by atoms with Gasteiger partial charge >= 0.3 is 5.97 Å². The Balaban J connectivity index is 2.03. The van der Waals surface area contributed by atoms with E-state index in [0.29, 0.717) is 18.4 Å². The summed E-state index contributed by atoms with van der Waals surface area (Å²) in [5.41, 5.74) is 0.595. The Labute approximate surface area is 127 Å². The molecule has 1 aromatic carbocycles. The van der Waals surface area contributed by atoms with Crippen molar-refractivity contribution in [2.45, 2.75) is 25.3 Å². The number of nitrogens with zero attached hydrogens (tertiary/aromatic N) is 2. The largest absolute Gasteiger partial charge is 0.480 e. The summed E-state index contributed by atoms with van der Waals surface area (Å²) in [6.45, 7) is 0.222. The number of rotatable bonds is 6. The molecule has 0 aliphatic carbocycles. The molecule has 1 aliphatic rings. The Morgan fingerprint density at radius 2 is 2.00 bits per heavy atom. The van der Waals surface area contributed by atoms with Crippen LogP contribution in [0.5, 0.6) is 0 Å². The van der Waals surface area contributed by atoms with E-state index < -0.39 is 27.0 Å². The molecular formula is C13H16N2O6S. The van der Waals surface area contributed by atoms with Crippen molar-refractivity contribution in [2.75, 3.05) is 12.3 Å². The smallest absolute Gasteiger partial charge is 0.322 e. The molecule has 0 spiro atoms. The van der Waals surface area contributed by atoms with Gasteiger partial charge in [0.05, 0.1) is 10.7 Å². The zero-order chi connectivity index (χ0) is 16.3. The van der Waals surface area contributed by atoms with Crippen LogP contribution in [0.15, 0.2) is 24.3 Å². The molecule has 0 aromatic heterocycles. The average molecular weight is 328 g/mol. The van der Waals surface area contributed by atoms with Gasteiger partial charge in [0.25, 0.3) is 5.69 Å². The van der Waals surface area contributed by atoms with Gasteiger partial charge in [-0.3, -0.25) is 14.9 Å². The van der Waals surface area contributed by atoms with Gasteiger partial charge in [-0.25, -0.2) is 8.42 Å². The summed E-state index contributed by atoms with van der Waals surface area (Å²) in [6.07, 6.45) is 1.04. The molecule has 1 fully saturated rings. The van der Waals surface area contributed by atoms with E-state index in [1.807, 2.05) is 0 Å². The Bertz CT molecular complexity index is 670. The fourth-order valence-corrected chi connectivity index (χ4v) is 4.19. The number of nitro groups is 1. The Hall–Kier alpha value is -2.00. The van der Waals surface area contributed by atoms with Crippen molar-refractivity contribution in [3.63, 3.8) is 0 Å². The van der Waals surface area contributed by atoms with Gasteiger partial charge in [-0.05, 0) is 24.8 Å². The number of hydrogen-bond donors (Lipinski definition) is 1. The molecule has 1 atom stereocenters. The van der Waals surface area contributed by atoms with Crippen LogP contribution in [0.2, 0.25) is 0 Å². The number of non-ortho nitro benzene ring substituents is 1. The van der Waals surface area contributed by atoms with Gasteiger partial charge in [0.1, 0.15) is 6.04 Å². The lowest BCUT2D eigenvalue weighted by Gasteiger charge is -2.20. The van der Waals surface area contributed by atoms with E-state index in [9.17, 15) is 23.3 Å². The van der Waals surface area contributed by atoms with Crippen LogP contribution in [-0.2, 0) is 21.2 Å². The fraction of sp³-hybridized carbons (Fsp3) is 0.462. The highest BCUT2D eigenvalue weighted by Crippen LogP contribution is 2.22. The fourth-order valence-electron chi connectivity index (χ4n) is 2.47. The molecule has 8 nitrogen and oxygen atoms in total. The van der Waals surface area contributed by atoms with Crippen LogP contribution in [0.4, 0.5) is 5.69 Å². The van der Waals surface area contributed by atoms with Crippen molar-refractivity contribution in [1.82, 2.24) is 4.31 Å². The highest BCUT2D eigenvalue weighted by atomic mass is 32.2. The molecule has 9 heteroatoms. The van der Waals surface area contributed by atoms with Gasteiger partial charge in [0.15, 0.2) is 0 Å². The lowest BCUT2D eigenvalue weighted by Crippen LogP contribution is -2.41. The van der Waals surface area contributed by atoms with Crippen molar-refractivity contribution in [3.05, 3.63) is 39.9 Å². The first-order chi connectivity index (χ1) is 10.3. The van der Waals surface area contributed by atoms with E-state index in [-0.39, 0.29) is 24.4 Å². The molecule has 120 valence electrons. The van der Waals surface area contributed by atoms with Gasteiger partial charge in [-0.1, -0.05) is 12.1 Å². The predicted octanol–water partition coefficient (Wildman–Crippen LogP) is 1.02. The molecular weight excluding hydrogens is 312 g/mol. The number of carbonyl (C=O) groups is 1. The van der Waals surface area contributed by atoms with E-state index in [0.717, 1.165) is 4.31 Å². The third-order valence-corrected chi connectivity index (χ3v) is 5.51. The van der Waals surface area contributed by atoms with Crippen LogP contribution < -0.4 is 0 Å². The summed E-state index contributed by atoms with van der Waals surface area (Å²) in [4.78, 5) is 21.1. The second-order valence-corrected chi connectivity index (χ2v) is 7.14. The first-order valence-electron chi connectivity index (χ1n) is 6.77. The van der Waals surface area contributed by atoms with Crippen molar-refractivity contribution in [3.8, 4) is 0 Å². The third-order valence-electron chi connectivity index (χ3n) is 3.64. The molecule has 0 amide bonds. The van der Waals surface area contributed by atoms with Gasteiger partial charge < -0.3 is 5.11 Å². The monoisotopic (exact) mass is 328 g/mol. The number of carboxylic acids is 1. The number of hydrogen-bond acceptors (Lipinski definition) is 5. The Kier molecular flexibility index (Phi) is 4.77. The molecule has 0 unspecified atom stereocenters. The quantitative estimate of drug-likeness (QED) is 0.615. The standard InChI is InChI=1S/C13H16N2O6S/c16-13(17)12-2-1-8-14(12)22(20,21)9-7-10-3-5-11(6-4-10)15(18)19/h3-6,12H,1-2,7-9H2,(H,16,17)/t12-/m1/s1. The molecule has 1 heterocycles. The van der Waals surface area contributed by atoms with E-state index >= 15 is 0 Å². The van der Waals surface area contributed by atoms with Crippen LogP contribution in [-0.4, -0.2) is 47.1 Å². The lowest BCUT2D eigenvalue weighted by atomic mass is 10.1. The van der Waals surface area contributed by atoms with Crippen LogP contribution >= 0.6 is 0 Å². The third kappa shape index (κ3) is 3.60. The number of nitro benzene ring substituents is 1. The molecule has 1 aliphatic heterocycles. The lowest BCUT2D eigenvalue weighted by molar-refractivity contribution is -0.384. The van der Waals surface area contributed by atoms with Gasteiger partial charge in [0.2, 0.25) is 10.0 Å². The van der Waals surface area contributed by atoms with Crippen molar-refractivity contribution < 1.29 is 23.2 Å². The first kappa shape index (κ1) is 16.4. The molecule has 22 heavy (non-hydrogen) atoms. The molecule has 2 rings (SSSR count). The van der Waals surface area contributed by atoms with E-state index in [2.05, 4.69) is 0 Å². The maximum Gasteiger partial charge on any atom is 0.322 e. The average Bonchev–Trinajstić information content (AvgIpc) is 2.96. The normalized spacial score (nSPS) is 19.2. The second-order valence-electron chi connectivity index (χ2n) is 5.10. The van der Waals surface area contributed by atoms with E-state index in [1.165, 1.54) is 24.3 Å². The topological polar surface area (TPSA) is 118 Å². The van der Waals surface area contributed by atoms with Crippen molar-refractivity contribution in [1.29, 1.82) is 0 Å². The van der Waals surface area contributed by atoms with E-state index in [4.69, 9.17) is 5.11 Å². The maximum absolute atomic E-state index is 12.3. The summed E-state index contributed by atoms with van der Waals surface area (Å²) < 4.78 is 25.5. The molecule has 1 aromatic rings. The minimum atomic E-state index is -3.66. The minimum absolute atomic E-state index is 0.0582. The molecule has 0 radical (unpaired) electrons. The zero-order valence-corrected chi connectivity index (χ0v) is 12.5. The van der Waals surface area contributed by atoms with Crippen LogP contribution in [0.3, 0.4) is 0 Å². The SMILES string of the molecule is O=C(O)[C@H]1CCCN1S(=O)(=O)CCc1ccc([N+](=O)[O-])cc1. The summed E-state index contributed by atoms with van der Waals surface area (Å²) in [5.74, 6) is -1.34. The summed E-state index contributed by atoms with van der Waals surface area (Å²) in [7, 11) is -3.66. The minimum Gasteiger partial charge on any atom is -0.480 e.